The third kappa shape index (κ3) is 5.37. The Morgan fingerprint density at radius 1 is 1.00 bits per heavy atom. The summed E-state index contributed by atoms with van der Waals surface area (Å²) in [5.41, 5.74) is 1.76. The van der Waals surface area contributed by atoms with E-state index in [1.54, 1.807) is 30.5 Å². The standard InChI is InChI=1S/C24H24N4O3S2/c1-27-23(17-6-10-19(30-2)11-7-17)25-26-24(27)33-16-22(29)28(15-21-5-4-14-32-21)18-8-12-20(31-3)13-9-18/h4-14H,15-16H2,1-3H3. The Balaban J connectivity index is 1.49. The number of anilines is 1. The van der Waals surface area contributed by atoms with Crippen molar-refractivity contribution in [1.82, 2.24) is 14.8 Å². The third-order valence-corrected chi connectivity index (χ3v) is 6.95. The van der Waals surface area contributed by atoms with Crippen molar-refractivity contribution in [3.8, 4) is 22.9 Å². The van der Waals surface area contributed by atoms with Crippen LogP contribution >= 0.6 is 23.1 Å². The van der Waals surface area contributed by atoms with Gasteiger partial charge in [0.1, 0.15) is 11.5 Å². The number of methoxy groups -OCH3 is 2. The number of thiophene rings is 1. The first-order valence-electron chi connectivity index (χ1n) is 10.2. The van der Waals surface area contributed by atoms with Crippen molar-refractivity contribution in [3.05, 3.63) is 70.9 Å². The van der Waals surface area contributed by atoms with Crippen molar-refractivity contribution in [2.75, 3.05) is 24.9 Å². The molecule has 0 bridgehead atoms. The van der Waals surface area contributed by atoms with Gasteiger partial charge in [0.2, 0.25) is 5.91 Å². The van der Waals surface area contributed by atoms with Gasteiger partial charge in [0.25, 0.3) is 0 Å². The highest BCUT2D eigenvalue weighted by Gasteiger charge is 2.19. The molecule has 0 unspecified atom stereocenters. The lowest BCUT2D eigenvalue weighted by molar-refractivity contribution is -0.116. The molecule has 1 amide bonds. The van der Waals surface area contributed by atoms with Crippen molar-refractivity contribution >= 4 is 34.7 Å². The molecule has 0 saturated carbocycles. The molecule has 0 N–H and O–H groups in total. The third-order valence-electron chi connectivity index (χ3n) is 5.09. The van der Waals surface area contributed by atoms with Gasteiger partial charge >= 0.3 is 0 Å². The van der Waals surface area contributed by atoms with E-state index in [4.69, 9.17) is 9.47 Å². The SMILES string of the molecule is COc1ccc(-c2nnc(SCC(=O)N(Cc3cccs3)c3ccc(OC)cc3)n2C)cc1. The van der Waals surface area contributed by atoms with Crippen LogP contribution in [0.4, 0.5) is 5.69 Å². The van der Waals surface area contributed by atoms with Crippen LogP contribution in [0.5, 0.6) is 11.5 Å². The van der Waals surface area contributed by atoms with Gasteiger partial charge in [-0.25, -0.2) is 0 Å². The summed E-state index contributed by atoms with van der Waals surface area (Å²) in [6.45, 7) is 0.513. The Morgan fingerprint density at radius 3 is 2.27 bits per heavy atom. The van der Waals surface area contributed by atoms with E-state index in [1.807, 2.05) is 77.7 Å². The number of amides is 1. The Bertz CT molecular complexity index is 1190. The number of carbonyl (C=O) groups is 1. The Morgan fingerprint density at radius 2 is 1.67 bits per heavy atom. The van der Waals surface area contributed by atoms with E-state index in [0.717, 1.165) is 33.5 Å². The van der Waals surface area contributed by atoms with Gasteiger partial charge in [0, 0.05) is 23.2 Å². The van der Waals surface area contributed by atoms with E-state index in [0.29, 0.717) is 11.7 Å². The van der Waals surface area contributed by atoms with E-state index >= 15 is 0 Å². The fourth-order valence-corrected chi connectivity index (χ4v) is 4.76. The Hall–Kier alpha value is -3.30. The van der Waals surface area contributed by atoms with Gasteiger partial charge < -0.3 is 18.9 Å². The van der Waals surface area contributed by atoms with Crippen LogP contribution in [-0.4, -0.2) is 40.6 Å². The zero-order chi connectivity index (χ0) is 23.2. The second kappa shape index (κ2) is 10.5. The lowest BCUT2D eigenvalue weighted by Gasteiger charge is -2.22. The number of ether oxygens (including phenoxy) is 2. The summed E-state index contributed by atoms with van der Waals surface area (Å²) in [4.78, 5) is 16.2. The van der Waals surface area contributed by atoms with E-state index in [-0.39, 0.29) is 11.7 Å². The van der Waals surface area contributed by atoms with Crippen molar-refractivity contribution in [3.63, 3.8) is 0 Å². The van der Waals surface area contributed by atoms with E-state index < -0.39 is 0 Å². The molecule has 7 nitrogen and oxygen atoms in total. The number of hydrogen-bond donors (Lipinski definition) is 0. The minimum atomic E-state index is -0.00688. The number of thioether (sulfide) groups is 1. The second-order valence-electron chi connectivity index (χ2n) is 7.14. The lowest BCUT2D eigenvalue weighted by Crippen LogP contribution is -2.31. The molecule has 2 aromatic carbocycles. The summed E-state index contributed by atoms with van der Waals surface area (Å²) in [5, 5.41) is 11.3. The zero-order valence-corrected chi connectivity index (χ0v) is 20.2. The molecule has 4 aromatic rings. The summed E-state index contributed by atoms with van der Waals surface area (Å²) >= 11 is 3.00. The van der Waals surface area contributed by atoms with Crippen LogP contribution in [-0.2, 0) is 18.4 Å². The predicted octanol–water partition coefficient (Wildman–Crippen LogP) is 4.89. The van der Waals surface area contributed by atoms with E-state index in [9.17, 15) is 4.79 Å². The smallest absolute Gasteiger partial charge is 0.237 e. The molecule has 9 heteroatoms. The molecule has 0 spiro atoms. The highest BCUT2D eigenvalue weighted by atomic mass is 32.2. The number of aromatic nitrogens is 3. The van der Waals surface area contributed by atoms with Crippen LogP contribution in [0.15, 0.2) is 71.2 Å². The molecule has 2 heterocycles. The molecule has 0 saturated heterocycles. The first-order valence-corrected chi connectivity index (χ1v) is 12.1. The molecule has 33 heavy (non-hydrogen) atoms. The molecular formula is C24H24N4O3S2. The van der Waals surface area contributed by atoms with E-state index in [1.165, 1.54) is 11.8 Å². The molecule has 4 rings (SSSR count). The number of hydrogen-bond acceptors (Lipinski definition) is 7. The van der Waals surface area contributed by atoms with Crippen LogP contribution in [0.2, 0.25) is 0 Å². The summed E-state index contributed by atoms with van der Waals surface area (Å²) in [7, 11) is 5.16. The van der Waals surface area contributed by atoms with Crippen LogP contribution < -0.4 is 14.4 Å². The van der Waals surface area contributed by atoms with Gasteiger partial charge in [-0.2, -0.15) is 0 Å². The maximum atomic E-state index is 13.3. The van der Waals surface area contributed by atoms with Gasteiger partial charge in [-0.1, -0.05) is 17.8 Å². The van der Waals surface area contributed by atoms with Gasteiger partial charge in [0.05, 0.1) is 26.5 Å². The second-order valence-corrected chi connectivity index (χ2v) is 9.11. The minimum Gasteiger partial charge on any atom is -0.497 e. The average Bonchev–Trinajstić information content (AvgIpc) is 3.51. The van der Waals surface area contributed by atoms with Gasteiger partial charge in [-0.15, -0.1) is 21.5 Å². The normalized spacial score (nSPS) is 10.8. The first kappa shape index (κ1) is 22.9. The molecule has 0 aliphatic rings. The zero-order valence-electron chi connectivity index (χ0n) is 18.6. The summed E-state index contributed by atoms with van der Waals surface area (Å²) in [5.74, 6) is 2.50. The van der Waals surface area contributed by atoms with Crippen LogP contribution in [0.3, 0.4) is 0 Å². The molecule has 2 aromatic heterocycles. The Labute approximate surface area is 201 Å². The van der Waals surface area contributed by atoms with Crippen LogP contribution in [0.25, 0.3) is 11.4 Å². The van der Waals surface area contributed by atoms with Crippen molar-refractivity contribution in [2.45, 2.75) is 11.7 Å². The maximum absolute atomic E-state index is 13.3. The number of carbonyl (C=O) groups excluding carboxylic acids is 1. The minimum absolute atomic E-state index is 0.00688. The fraction of sp³-hybridized carbons (Fsp3) is 0.208. The molecule has 0 atom stereocenters. The number of benzene rings is 2. The van der Waals surface area contributed by atoms with Crippen LogP contribution in [0, 0.1) is 0 Å². The molecule has 0 aliphatic heterocycles. The molecule has 170 valence electrons. The molecule has 0 radical (unpaired) electrons. The number of nitrogens with zero attached hydrogens (tertiary/aromatic N) is 4. The van der Waals surface area contributed by atoms with Gasteiger partial charge in [0.15, 0.2) is 11.0 Å². The van der Waals surface area contributed by atoms with Gasteiger partial charge in [-0.05, 0) is 60.0 Å². The van der Waals surface area contributed by atoms with E-state index in [2.05, 4.69) is 10.2 Å². The Kier molecular flexibility index (Phi) is 7.31. The quantitative estimate of drug-likeness (QED) is 0.318. The summed E-state index contributed by atoms with van der Waals surface area (Å²) < 4.78 is 12.4. The predicted molar refractivity (Wildman–Crippen MR) is 132 cm³/mol. The number of rotatable bonds is 9. The van der Waals surface area contributed by atoms with Gasteiger partial charge in [-0.3, -0.25) is 4.79 Å². The monoisotopic (exact) mass is 480 g/mol. The highest BCUT2D eigenvalue weighted by molar-refractivity contribution is 7.99. The largest absolute Gasteiger partial charge is 0.497 e. The van der Waals surface area contributed by atoms with Crippen molar-refractivity contribution in [1.29, 1.82) is 0 Å². The maximum Gasteiger partial charge on any atom is 0.237 e. The lowest BCUT2D eigenvalue weighted by atomic mass is 10.2. The fourth-order valence-electron chi connectivity index (χ4n) is 3.28. The van der Waals surface area contributed by atoms with Crippen molar-refractivity contribution < 1.29 is 14.3 Å². The topological polar surface area (TPSA) is 69.5 Å². The highest BCUT2D eigenvalue weighted by Crippen LogP contribution is 2.27. The molecule has 0 aliphatic carbocycles. The average molecular weight is 481 g/mol. The first-order chi connectivity index (χ1) is 16.1. The molecule has 0 fully saturated rings. The molecular weight excluding hydrogens is 456 g/mol. The summed E-state index contributed by atoms with van der Waals surface area (Å²) in [6, 6.07) is 19.2. The van der Waals surface area contributed by atoms with Crippen molar-refractivity contribution in [2.24, 2.45) is 7.05 Å². The summed E-state index contributed by atoms with van der Waals surface area (Å²) in [6.07, 6.45) is 0. The van der Waals surface area contributed by atoms with Crippen LogP contribution in [0.1, 0.15) is 4.88 Å².